The SMILES string of the molecule is N[C@@H]1[C@@H](O)[C@@H](O)[C@@H](CO)O[C@H]1O.Oc1ccc(O)cc1. The molecule has 0 radical (unpaired) electrons. The Balaban J connectivity index is 0.000000217. The molecule has 1 aromatic carbocycles. The van der Waals surface area contributed by atoms with Crippen molar-refractivity contribution in [3.05, 3.63) is 24.3 Å². The van der Waals surface area contributed by atoms with Crippen LogP contribution in [0.2, 0.25) is 0 Å². The van der Waals surface area contributed by atoms with Crippen LogP contribution in [-0.2, 0) is 4.74 Å². The molecule has 0 aliphatic carbocycles. The molecular formula is C12H19NO7. The maximum Gasteiger partial charge on any atom is 0.173 e. The molecule has 5 atom stereocenters. The number of hydrogen-bond acceptors (Lipinski definition) is 8. The molecule has 114 valence electrons. The van der Waals surface area contributed by atoms with E-state index in [0.29, 0.717) is 0 Å². The molecule has 8 heteroatoms. The van der Waals surface area contributed by atoms with Gasteiger partial charge < -0.3 is 41.1 Å². The highest BCUT2D eigenvalue weighted by molar-refractivity contribution is 5.28. The van der Waals surface area contributed by atoms with E-state index in [0.717, 1.165) is 0 Å². The van der Waals surface area contributed by atoms with Crippen LogP contribution in [0.15, 0.2) is 24.3 Å². The van der Waals surface area contributed by atoms with Gasteiger partial charge in [0.15, 0.2) is 6.29 Å². The lowest BCUT2D eigenvalue weighted by atomic mass is 9.98. The van der Waals surface area contributed by atoms with Gasteiger partial charge in [0.1, 0.15) is 29.8 Å². The smallest absolute Gasteiger partial charge is 0.173 e. The number of benzene rings is 1. The van der Waals surface area contributed by atoms with Crippen molar-refractivity contribution in [2.24, 2.45) is 5.73 Å². The average Bonchev–Trinajstić information content (AvgIpc) is 2.44. The standard InChI is InChI=1S/C6H13NO5.C6H6O2/c7-3-5(10)4(9)2(1-8)12-6(3)11;7-5-1-2-6(8)4-3-5/h2-6,8-11H,1,7H2;1-4,7-8H/t2-,3-,4+,5-,6-;/m1./s1. The quantitative estimate of drug-likeness (QED) is 0.288. The summed E-state index contributed by atoms with van der Waals surface area (Å²) < 4.78 is 4.70. The third kappa shape index (κ3) is 4.30. The van der Waals surface area contributed by atoms with Crippen LogP contribution < -0.4 is 5.73 Å². The Morgan fingerprint density at radius 1 is 0.950 bits per heavy atom. The predicted molar refractivity (Wildman–Crippen MR) is 67.7 cm³/mol. The Bertz CT molecular complexity index is 374. The molecular weight excluding hydrogens is 270 g/mol. The number of rotatable bonds is 1. The van der Waals surface area contributed by atoms with E-state index < -0.39 is 37.3 Å². The molecule has 1 aliphatic heterocycles. The second-order valence-electron chi connectivity index (χ2n) is 4.32. The van der Waals surface area contributed by atoms with Crippen LogP contribution in [0.1, 0.15) is 0 Å². The van der Waals surface area contributed by atoms with Gasteiger partial charge in [-0.15, -0.1) is 0 Å². The zero-order valence-electron chi connectivity index (χ0n) is 10.6. The van der Waals surface area contributed by atoms with Gasteiger partial charge in [-0.25, -0.2) is 0 Å². The fourth-order valence-corrected chi connectivity index (χ4v) is 1.57. The molecule has 20 heavy (non-hydrogen) atoms. The summed E-state index contributed by atoms with van der Waals surface area (Å²) in [4.78, 5) is 0. The highest BCUT2D eigenvalue weighted by Gasteiger charge is 2.41. The molecule has 1 fully saturated rings. The third-order valence-electron chi connectivity index (χ3n) is 2.80. The molecule has 2 rings (SSSR count). The minimum absolute atomic E-state index is 0.169. The van der Waals surface area contributed by atoms with Gasteiger partial charge in [0.2, 0.25) is 0 Å². The number of aliphatic hydroxyl groups excluding tert-OH is 4. The van der Waals surface area contributed by atoms with Gasteiger partial charge in [0.05, 0.1) is 12.6 Å². The van der Waals surface area contributed by atoms with Crippen molar-refractivity contribution in [1.29, 1.82) is 0 Å². The average molecular weight is 289 g/mol. The van der Waals surface area contributed by atoms with Crippen LogP contribution in [0, 0.1) is 0 Å². The van der Waals surface area contributed by atoms with E-state index in [-0.39, 0.29) is 11.5 Å². The predicted octanol–water partition coefficient (Wildman–Crippen LogP) is -2.16. The number of hydrogen-bond donors (Lipinski definition) is 7. The fraction of sp³-hybridized carbons (Fsp3) is 0.500. The van der Waals surface area contributed by atoms with E-state index >= 15 is 0 Å². The molecule has 1 heterocycles. The lowest BCUT2D eigenvalue weighted by molar-refractivity contribution is -0.248. The molecule has 0 amide bonds. The first-order valence-electron chi connectivity index (χ1n) is 5.91. The Kier molecular flexibility index (Phi) is 6.14. The first-order chi connectivity index (χ1) is 9.36. The molecule has 1 saturated heterocycles. The van der Waals surface area contributed by atoms with Gasteiger partial charge in [0, 0.05) is 0 Å². The summed E-state index contributed by atoms with van der Waals surface area (Å²) in [5, 5.41) is 53.4. The highest BCUT2D eigenvalue weighted by atomic mass is 16.6. The van der Waals surface area contributed by atoms with Gasteiger partial charge >= 0.3 is 0 Å². The summed E-state index contributed by atoms with van der Waals surface area (Å²) in [6, 6.07) is 4.66. The molecule has 0 aromatic heterocycles. The van der Waals surface area contributed by atoms with Crippen molar-refractivity contribution in [1.82, 2.24) is 0 Å². The monoisotopic (exact) mass is 289 g/mol. The Hall–Kier alpha value is -1.42. The number of phenols is 2. The number of aromatic hydroxyl groups is 2. The van der Waals surface area contributed by atoms with Crippen LogP contribution in [0.25, 0.3) is 0 Å². The number of aliphatic hydroxyl groups is 4. The normalized spacial score (nSPS) is 33.1. The zero-order chi connectivity index (χ0) is 15.3. The van der Waals surface area contributed by atoms with Crippen LogP contribution >= 0.6 is 0 Å². The van der Waals surface area contributed by atoms with E-state index in [1.54, 1.807) is 0 Å². The molecule has 0 saturated carbocycles. The van der Waals surface area contributed by atoms with Gasteiger partial charge in [-0.3, -0.25) is 0 Å². The fourth-order valence-electron chi connectivity index (χ4n) is 1.57. The summed E-state index contributed by atoms with van der Waals surface area (Å²) in [6.45, 7) is -0.470. The topological polar surface area (TPSA) is 157 Å². The van der Waals surface area contributed by atoms with Crippen LogP contribution in [0.4, 0.5) is 0 Å². The van der Waals surface area contributed by atoms with E-state index in [1.165, 1.54) is 24.3 Å². The summed E-state index contributed by atoms with van der Waals surface area (Å²) >= 11 is 0. The lowest BCUT2D eigenvalue weighted by Gasteiger charge is -2.38. The van der Waals surface area contributed by atoms with E-state index in [4.69, 9.17) is 30.9 Å². The van der Waals surface area contributed by atoms with Crippen molar-refractivity contribution in [3.63, 3.8) is 0 Å². The van der Waals surface area contributed by atoms with Crippen molar-refractivity contribution in [3.8, 4) is 11.5 Å². The molecule has 8 nitrogen and oxygen atoms in total. The number of phenolic OH excluding ortho intramolecular Hbond substituents is 2. The van der Waals surface area contributed by atoms with Crippen molar-refractivity contribution in [2.45, 2.75) is 30.6 Å². The zero-order valence-corrected chi connectivity index (χ0v) is 10.6. The molecule has 8 N–H and O–H groups in total. The number of ether oxygens (including phenoxy) is 1. The minimum atomic E-state index is -1.35. The van der Waals surface area contributed by atoms with E-state index in [2.05, 4.69) is 0 Å². The summed E-state index contributed by atoms with van der Waals surface area (Å²) in [5.41, 5.74) is 5.26. The van der Waals surface area contributed by atoms with E-state index in [9.17, 15) is 10.2 Å². The maximum absolute atomic E-state index is 9.20. The highest BCUT2D eigenvalue weighted by Crippen LogP contribution is 2.17. The Morgan fingerprint density at radius 3 is 1.80 bits per heavy atom. The first-order valence-corrected chi connectivity index (χ1v) is 5.91. The molecule has 0 unspecified atom stereocenters. The third-order valence-corrected chi connectivity index (χ3v) is 2.80. The van der Waals surface area contributed by atoms with Gasteiger partial charge in [0.25, 0.3) is 0 Å². The molecule has 1 aliphatic rings. The summed E-state index contributed by atoms with van der Waals surface area (Å²) in [7, 11) is 0. The molecule has 1 aromatic rings. The van der Waals surface area contributed by atoms with Gasteiger partial charge in [-0.1, -0.05) is 0 Å². The first kappa shape index (κ1) is 16.6. The minimum Gasteiger partial charge on any atom is -0.508 e. The van der Waals surface area contributed by atoms with Crippen LogP contribution in [0.3, 0.4) is 0 Å². The maximum atomic E-state index is 9.20. The Labute approximate surface area is 115 Å². The van der Waals surface area contributed by atoms with Crippen molar-refractivity contribution in [2.75, 3.05) is 6.61 Å². The van der Waals surface area contributed by atoms with Crippen LogP contribution in [0.5, 0.6) is 11.5 Å². The molecule has 0 spiro atoms. The van der Waals surface area contributed by atoms with Gasteiger partial charge in [-0.05, 0) is 24.3 Å². The number of nitrogens with two attached hydrogens (primary N) is 1. The van der Waals surface area contributed by atoms with Crippen molar-refractivity contribution < 1.29 is 35.4 Å². The summed E-state index contributed by atoms with van der Waals surface area (Å²) in [6.07, 6.45) is -4.85. The second kappa shape index (κ2) is 7.39. The largest absolute Gasteiger partial charge is 0.508 e. The Morgan fingerprint density at radius 2 is 1.40 bits per heavy atom. The second-order valence-corrected chi connectivity index (χ2v) is 4.32. The summed E-state index contributed by atoms with van der Waals surface area (Å²) in [5.74, 6) is 0.339. The van der Waals surface area contributed by atoms with Gasteiger partial charge in [-0.2, -0.15) is 0 Å². The van der Waals surface area contributed by atoms with Crippen LogP contribution in [-0.4, -0.2) is 67.9 Å². The lowest BCUT2D eigenvalue weighted by Crippen LogP contribution is -2.61. The van der Waals surface area contributed by atoms with E-state index in [1.807, 2.05) is 0 Å². The van der Waals surface area contributed by atoms with Crippen molar-refractivity contribution >= 4 is 0 Å². The molecule has 0 bridgehead atoms.